The summed E-state index contributed by atoms with van der Waals surface area (Å²) in [6.45, 7) is -0.899. The van der Waals surface area contributed by atoms with Crippen molar-refractivity contribution in [3.8, 4) is 11.5 Å². The molecule has 0 saturated heterocycles. The van der Waals surface area contributed by atoms with Gasteiger partial charge in [0, 0.05) is 30.3 Å². The van der Waals surface area contributed by atoms with Crippen molar-refractivity contribution in [1.29, 1.82) is 0 Å². The molecule has 0 aliphatic carbocycles. The molecule has 4 aromatic rings. The highest BCUT2D eigenvalue weighted by Gasteiger charge is 2.22. The Morgan fingerprint density at radius 3 is 1.66 bits per heavy atom. The second-order valence-corrected chi connectivity index (χ2v) is 14.8. The summed E-state index contributed by atoms with van der Waals surface area (Å²) in [6, 6.07) is 19.5. The van der Waals surface area contributed by atoms with Crippen LogP contribution in [0.2, 0.25) is 0 Å². The number of fused-ring (bicyclic) bond motifs is 1. The number of Topliss-reactive ketones (excluding diaryl/α,β-unsaturated/α-hetero) is 1. The predicted molar refractivity (Wildman–Crippen MR) is 233 cm³/mol. The third-order valence-electron chi connectivity index (χ3n) is 9.93. The van der Waals surface area contributed by atoms with E-state index in [2.05, 4.69) is 12.2 Å². The molecule has 332 valence electrons. The number of nitro groups is 1. The van der Waals surface area contributed by atoms with Crippen LogP contribution >= 0.6 is 0 Å². The Balaban J connectivity index is 1.46. The molecule has 0 saturated carbocycles. The third kappa shape index (κ3) is 15.6. The fraction of sp³-hybridized carbons (Fsp3) is 0.400. The molecule has 0 spiro atoms. The zero-order chi connectivity index (χ0) is 45.0. The molecule has 0 aliphatic rings. The van der Waals surface area contributed by atoms with Crippen LogP contribution in [0.3, 0.4) is 0 Å². The van der Waals surface area contributed by atoms with Crippen molar-refractivity contribution >= 4 is 63.2 Å². The van der Waals surface area contributed by atoms with E-state index in [0.717, 1.165) is 57.7 Å². The van der Waals surface area contributed by atoms with Crippen LogP contribution < -0.4 is 24.6 Å². The molecule has 0 amide bonds. The molecule has 17 nitrogen and oxygen atoms in total. The molecule has 0 aromatic heterocycles. The summed E-state index contributed by atoms with van der Waals surface area (Å²) in [5.74, 6) is -5.24. The van der Waals surface area contributed by atoms with Crippen molar-refractivity contribution in [3.05, 3.63) is 94.0 Å². The minimum Gasteiger partial charge on any atom is -0.488 e. The Bertz CT molecular complexity index is 2160. The van der Waals surface area contributed by atoms with Gasteiger partial charge in [-0.2, -0.15) is 0 Å². The first kappa shape index (κ1) is 47.8. The Kier molecular flexibility index (Phi) is 18.8. The SMILES string of the molecule is CCCCCCCCCCCC(=O)c1ccc2cc(NCc3ccc(N(CC(=O)O)CC(=O)O)c(OCCOc4cc([N+](=O)[O-])ccc4N(CC(=O)O)CC(=O)O)c3)ccc2c1. The van der Waals surface area contributed by atoms with E-state index < -0.39 is 60.7 Å². The third-order valence-corrected chi connectivity index (χ3v) is 9.93. The number of benzene rings is 4. The summed E-state index contributed by atoms with van der Waals surface area (Å²) in [7, 11) is 0. The molecule has 0 bridgehead atoms. The number of carboxylic acids is 4. The molecule has 0 aliphatic heterocycles. The van der Waals surface area contributed by atoms with Gasteiger partial charge in [0.1, 0.15) is 50.9 Å². The van der Waals surface area contributed by atoms with Crippen molar-refractivity contribution in [2.45, 2.75) is 77.7 Å². The van der Waals surface area contributed by atoms with Gasteiger partial charge in [-0.05, 0) is 59.2 Å². The van der Waals surface area contributed by atoms with Crippen LogP contribution in [0.25, 0.3) is 10.8 Å². The normalized spacial score (nSPS) is 10.9. The van der Waals surface area contributed by atoms with Crippen molar-refractivity contribution in [2.24, 2.45) is 0 Å². The number of carbonyl (C=O) groups excluding carboxylic acids is 1. The number of carboxylic acid groups (broad SMARTS) is 4. The minimum absolute atomic E-state index is 0.0322. The number of carbonyl (C=O) groups is 5. The van der Waals surface area contributed by atoms with Crippen LogP contribution in [0.1, 0.15) is 87.1 Å². The van der Waals surface area contributed by atoms with Crippen LogP contribution in [0.15, 0.2) is 72.8 Å². The number of ether oxygens (including phenoxy) is 2. The summed E-state index contributed by atoms with van der Waals surface area (Å²) in [4.78, 5) is 72.3. The van der Waals surface area contributed by atoms with Crippen molar-refractivity contribution in [3.63, 3.8) is 0 Å². The van der Waals surface area contributed by atoms with Gasteiger partial charge < -0.3 is 45.0 Å². The van der Waals surface area contributed by atoms with Gasteiger partial charge >= 0.3 is 23.9 Å². The van der Waals surface area contributed by atoms with Gasteiger partial charge in [0.2, 0.25) is 0 Å². The molecule has 0 heterocycles. The van der Waals surface area contributed by atoms with Gasteiger partial charge in [-0.15, -0.1) is 0 Å². The molecule has 4 aromatic carbocycles. The number of nitrogens with zero attached hydrogens (tertiary/aromatic N) is 3. The molecule has 62 heavy (non-hydrogen) atoms. The zero-order valence-electron chi connectivity index (χ0n) is 34.8. The fourth-order valence-corrected chi connectivity index (χ4v) is 6.92. The summed E-state index contributed by atoms with van der Waals surface area (Å²) >= 11 is 0. The van der Waals surface area contributed by atoms with Crippen molar-refractivity contribution < 1.29 is 58.8 Å². The van der Waals surface area contributed by atoms with Crippen molar-refractivity contribution in [2.75, 3.05) is 54.5 Å². The lowest BCUT2D eigenvalue weighted by Crippen LogP contribution is -2.35. The number of ketones is 1. The van der Waals surface area contributed by atoms with Gasteiger partial charge in [-0.25, -0.2) is 0 Å². The summed E-state index contributed by atoms with van der Waals surface area (Å²) in [6.07, 6.45) is 11.2. The van der Waals surface area contributed by atoms with Gasteiger partial charge in [0.25, 0.3) is 5.69 Å². The van der Waals surface area contributed by atoms with E-state index >= 15 is 0 Å². The highest BCUT2D eigenvalue weighted by atomic mass is 16.6. The quantitative estimate of drug-likeness (QED) is 0.0145. The van der Waals surface area contributed by atoms with E-state index in [1.165, 1.54) is 50.7 Å². The number of hydrogen-bond acceptors (Lipinski definition) is 12. The van der Waals surface area contributed by atoms with Crippen molar-refractivity contribution in [1.82, 2.24) is 0 Å². The largest absolute Gasteiger partial charge is 0.488 e. The van der Waals surface area contributed by atoms with E-state index in [9.17, 15) is 54.5 Å². The Hall–Kier alpha value is -6.91. The average molecular weight is 859 g/mol. The highest BCUT2D eigenvalue weighted by Crippen LogP contribution is 2.34. The average Bonchev–Trinajstić information content (AvgIpc) is 3.22. The number of rotatable bonds is 30. The molecule has 17 heteroatoms. The lowest BCUT2D eigenvalue weighted by Gasteiger charge is -2.25. The lowest BCUT2D eigenvalue weighted by molar-refractivity contribution is -0.384. The Morgan fingerprint density at radius 1 is 0.613 bits per heavy atom. The van der Waals surface area contributed by atoms with Crippen LogP contribution in [-0.4, -0.2) is 94.4 Å². The maximum Gasteiger partial charge on any atom is 0.323 e. The van der Waals surface area contributed by atoms with Gasteiger partial charge in [-0.1, -0.05) is 82.6 Å². The summed E-state index contributed by atoms with van der Waals surface area (Å²) < 4.78 is 11.8. The second kappa shape index (κ2) is 24.4. The molecule has 0 fully saturated rings. The van der Waals surface area contributed by atoms with E-state index in [4.69, 9.17) is 9.47 Å². The first-order valence-corrected chi connectivity index (χ1v) is 20.6. The number of non-ortho nitro benzene ring substituents is 1. The molecule has 0 atom stereocenters. The zero-order valence-corrected chi connectivity index (χ0v) is 34.8. The van der Waals surface area contributed by atoms with Gasteiger partial charge in [0.15, 0.2) is 5.78 Å². The number of nitro benzene ring substituents is 1. The molecule has 0 radical (unpaired) electrons. The smallest absolute Gasteiger partial charge is 0.323 e. The molecule has 4 rings (SSSR count). The van der Waals surface area contributed by atoms with Crippen LogP contribution in [0, 0.1) is 10.1 Å². The molecule has 5 N–H and O–H groups in total. The number of aliphatic carboxylic acids is 4. The predicted octanol–water partition coefficient (Wildman–Crippen LogP) is 7.87. The van der Waals surface area contributed by atoms with E-state index in [0.29, 0.717) is 17.5 Å². The standard InChI is InChI=1S/C45H54N4O13/c1-2-3-4-5-6-7-8-9-10-11-39(50)34-14-13-33-24-35(16-15-32(33)23-34)46-26-31-12-18-37(47(27-42(51)52)28-43(53)54)40(22-31)61-20-21-62-41-25-36(49(59)60)17-19-38(41)48(29-44(55)56)30-45(57)58/h12-19,22-25,46H,2-11,20-21,26-30H2,1H3,(H,51,52)(H,53,54)(H,55,56)(H,57,58). The first-order valence-electron chi connectivity index (χ1n) is 20.6. The maximum absolute atomic E-state index is 13.0. The van der Waals surface area contributed by atoms with E-state index in [1.54, 1.807) is 12.1 Å². The second-order valence-electron chi connectivity index (χ2n) is 14.8. The van der Waals surface area contributed by atoms with Crippen LogP contribution in [0.4, 0.5) is 22.7 Å². The topological polar surface area (TPSA) is 246 Å². The summed E-state index contributed by atoms with van der Waals surface area (Å²) in [5, 5.41) is 54.5. The van der Waals surface area contributed by atoms with Crippen LogP contribution in [-0.2, 0) is 25.7 Å². The molecular weight excluding hydrogens is 805 g/mol. The van der Waals surface area contributed by atoms with Gasteiger partial charge in [0.05, 0.1) is 22.4 Å². The number of anilines is 3. The molecular formula is C45H54N4O13. The maximum atomic E-state index is 13.0. The Labute approximate surface area is 359 Å². The monoisotopic (exact) mass is 858 g/mol. The minimum atomic E-state index is -1.35. The lowest BCUT2D eigenvalue weighted by atomic mass is 10.00. The van der Waals surface area contributed by atoms with E-state index in [1.807, 2.05) is 36.4 Å². The fourth-order valence-electron chi connectivity index (χ4n) is 6.92. The summed E-state index contributed by atoms with van der Waals surface area (Å²) in [5.41, 5.74) is 1.85. The number of nitrogens with one attached hydrogen (secondary N) is 1. The van der Waals surface area contributed by atoms with E-state index in [-0.39, 0.29) is 48.4 Å². The van der Waals surface area contributed by atoms with Gasteiger partial charge in [-0.3, -0.25) is 34.1 Å². The number of unbranched alkanes of at least 4 members (excludes halogenated alkanes) is 8. The Morgan fingerprint density at radius 2 is 1.11 bits per heavy atom. The first-order chi connectivity index (χ1) is 29.7. The highest BCUT2D eigenvalue weighted by molar-refractivity contribution is 6.00. The number of hydrogen-bond donors (Lipinski definition) is 5. The van der Waals surface area contributed by atoms with Crippen LogP contribution in [0.5, 0.6) is 11.5 Å². The molecule has 0 unspecified atom stereocenters.